The SMILES string of the molecule is CCOC(=O)C1CCCN1NC(=O)c1nn(-c2ccc(Cl)cc2Cl)c(-c2ccc(Cl)cc2)c1C. The maximum atomic E-state index is 13.3. The van der Waals surface area contributed by atoms with E-state index in [9.17, 15) is 9.59 Å². The predicted molar refractivity (Wildman–Crippen MR) is 133 cm³/mol. The number of hydrogen-bond donors (Lipinski definition) is 1. The lowest BCUT2D eigenvalue weighted by molar-refractivity contribution is -0.149. The van der Waals surface area contributed by atoms with Crippen molar-refractivity contribution in [2.75, 3.05) is 13.2 Å². The third-order valence-electron chi connectivity index (χ3n) is 5.65. The average molecular weight is 522 g/mol. The predicted octanol–water partition coefficient (Wildman–Crippen LogP) is 5.48. The van der Waals surface area contributed by atoms with Gasteiger partial charge < -0.3 is 4.74 Å². The van der Waals surface area contributed by atoms with E-state index in [0.29, 0.717) is 45.0 Å². The van der Waals surface area contributed by atoms with Gasteiger partial charge >= 0.3 is 5.97 Å². The summed E-state index contributed by atoms with van der Waals surface area (Å²) in [4.78, 5) is 25.6. The van der Waals surface area contributed by atoms with Crippen molar-refractivity contribution >= 4 is 46.7 Å². The lowest BCUT2D eigenvalue weighted by Crippen LogP contribution is -2.49. The number of ether oxygens (including phenoxy) is 1. The van der Waals surface area contributed by atoms with Crippen LogP contribution in [0.1, 0.15) is 35.8 Å². The lowest BCUT2D eigenvalue weighted by atomic mass is 10.1. The smallest absolute Gasteiger partial charge is 0.325 e. The van der Waals surface area contributed by atoms with Crippen molar-refractivity contribution in [2.45, 2.75) is 32.7 Å². The van der Waals surface area contributed by atoms with Crippen LogP contribution >= 0.6 is 34.8 Å². The minimum absolute atomic E-state index is 0.213. The van der Waals surface area contributed by atoms with Gasteiger partial charge in [-0.25, -0.2) is 9.69 Å². The molecule has 2 aromatic carbocycles. The van der Waals surface area contributed by atoms with Gasteiger partial charge in [0.1, 0.15) is 6.04 Å². The first-order valence-electron chi connectivity index (χ1n) is 10.9. The van der Waals surface area contributed by atoms with E-state index in [1.807, 2.05) is 19.1 Å². The van der Waals surface area contributed by atoms with Crippen LogP contribution in [0, 0.1) is 6.92 Å². The van der Waals surface area contributed by atoms with Crippen molar-refractivity contribution in [3.05, 3.63) is 68.8 Å². The number of esters is 1. The van der Waals surface area contributed by atoms with Gasteiger partial charge in [0.05, 0.1) is 23.0 Å². The van der Waals surface area contributed by atoms with Crippen LogP contribution < -0.4 is 5.43 Å². The lowest BCUT2D eigenvalue weighted by Gasteiger charge is -2.23. The minimum atomic E-state index is -0.521. The molecule has 1 atom stereocenters. The van der Waals surface area contributed by atoms with Gasteiger partial charge in [0, 0.05) is 27.7 Å². The van der Waals surface area contributed by atoms with Crippen molar-refractivity contribution in [1.29, 1.82) is 0 Å². The zero-order valence-electron chi connectivity index (χ0n) is 18.6. The third-order valence-corrected chi connectivity index (χ3v) is 6.44. The number of carbonyl (C=O) groups excluding carboxylic acids is 2. The Morgan fingerprint density at radius 2 is 1.82 bits per heavy atom. The molecule has 1 N–H and O–H groups in total. The van der Waals surface area contributed by atoms with Gasteiger partial charge in [-0.1, -0.05) is 46.9 Å². The Hall–Kier alpha value is -2.58. The Labute approximate surface area is 212 Å². The summed E-state index contributed by atoms with van der Waals surface area (Å²) in [5.74, 6) is -0.773. The van der Waals surface area contributed by atoms with Crippen molar-refractivity contribution in [2.24, 2.45) is 0 Å². The fraction of sp³-hybridized carbons (Fsp3) is 0.292. The number of rotatable bonds is 6. The first-order chi connectivity index (χ1) is 16.3. The molecule has 0 saturated carbocycles. The molecule has 1 saturated heterocycles. The molecule has 10 heteroatoms. The van der Waals surface area contributed by atoms with E-state index >= 15 is 0 Å². The number of aromatic nitrogens is 2. The highest BCUT2D eigenvalue weighted by atomic mass is 35.5. The fourth-order valence-corrected chi connectivity index (χ4v) is 4.67. The molecule has 2 heterocycles. The highest BCUT2D eigenvalue weighted by molar-refractivity contribution is 6.35. The standard InChI is InChI=1S/C24H23Cl3N4O3/c1-3-34-24(33)20-5-4-12-30(20)29-23(32)21-14(2)22(15-6-8-16(25)9-7-15)31(28-21)19-11-10-17(26)13-18(19)27/h6-11,13,20H,3-5,12H2,1-2H3,(H,29,32). The Balaban J connectivity index is 1.74. The van der Waals surface area contributed by atoms with Gasteiger partial charge in [0.25, 0.3) is 5.91 Å². The maximum absolute atomic E-state index is 13.3. The van der Waals surface area contributed by atoms with Crippen LogP contribution in [0.15, 0.2) is 42.5 Å². The summed E-state index contributed by atoms with van der Waals surface area (Å²) in [6.45, 7) is 4.40. The molecule has 4 rings (SSSR count). The largest absolute Gasteiger partial charge is 0.465 e. The summed E-state index contributed by atoms with van der Waals surface area (Å²) in [6, 6.07) is 11.8. The molecule has 1 aliphatic rings. The van der Waals surface area contributed by atoms with Crippen molar-refractivity contribution in [3.8, 4) is 16.9 Å². The number of benzene rings is 2. The summed E-state index contributed by atoms with van der Waals surface area (Å²) >= 11 is 18.7. The van der Waals surface area contributed by atoms with E-state index < -0.39 is 11.9 Å². The Kier molecular flexibility index (Phi) is 7.48. The van der Waals surface area contributed by atoms with Gasteiger partial charge in [-0.05, 0) is 57.0 Å². The number of amides is 1. The molecule has 0 spiro atoms. The summed E-state index contributed by atoms with van der Waals surface area (Å²) in [7, 11) is 0. The van der Waals surface area contributed by atoms with Crippen LogP contribution in [-0.2, 0) is 9.53 Å². The normalized spacial score (nSPS) is 16.0. The number of hydrogen-bond acceptors (Lipinski definition) is 5. The third kappa shape index (κ3) is 4.93. The van der Waals surface area contributed by atoms with Crippen molar-refractivity contribution in [1.82, 2.24) is 20.2 Å². The second kappa shape index (κ2) is 10.4. The molecule has 0 aliphatic carbocycles. The van der Waals surface area contributed by atoms with Gasteiger partial charge in [0.15, 0.2) is 5.69 Å². The van der Waals surface area contributed by atoms with Crippen LogP contribution in [-0.4, -0.2) is 45.9 Å². The number of hydrazine groups is 1. The highest BCUT2D eigenvalue weighted by Crippen LogP contribution is 2.33. The summed E-state index contributed by atoms with van der Waals surface area (Å²) in [5, 5.41) is 7.71. The zero-order valence-corrected chi connectivity index (χ0v) is 20.9. The van der Waals surface area contributed by atoms with Crippen LogP contribution in [0.4, 0.5) is 0 Å². The summed E-state index contributed by atoms with van der Waals surface area (Å²) in [6.07, 6.45) is 1.39. The van der Waals surface area contributed by atoms with Crippen LogP contribution in [0.5, 0.6) is 0 Å². The number of carbonyl (C=O) groups is 2. The van der Waals surface area contributed by atoms with Crippen molar-refractivity contribution in [3.63, 3.8) is 0 Å². The van der Waals surface area contributed by atoms with E-state index in [0.717, 1.165) is 12.0 Å². The summed E-state index contributed by atoms with van der Waals surface area (Å²) < 4.78 is 6.77. The average Bonchev–Trinajstić information content (AvgIpc) is 3.39. The molecular formula is C24H23Cl3N4O3. The van der Waals surface area contributed by atoms with E-state index in [1.165, 1.54) is 0 Å². The molecule has 1 unspecified atom stereocenters. The van der Waals surface area contributed by atoms with E-state index in [2.05, 4.69) is 10.5 Å². The van der Waals surface area contributed by atoms with E-state index in [-0.39, 0.29) is 18.3 Å². The first kappa shape index (κ1) is 24.5. The second-order valence-corrected chi connectivity index (χ2v) is 9.16. The molecule has 0 radical (unpaired) electrons. The Morgan fingerprint density at radius 3 is 2.50 bits per heavy atom. The van der Waals surface area contributed by atoms with Gasteiger partial charge in [-0.2, -0.15) is 5.10 Å². The highest BCUT2D eigenvalue weighted by Gasteiger charge is 2.34. The quantitative estimate of drug-likeness (QED) is 0.435. The van der Waals surface area contributed by atoms with Crippen LogP contribution in [0.3, 0.4) is 0 Å². The monoisotopic (exact) mass is 520 g/mol. The topological polar surface area (TPSA) is 76.5 Å². The van der Waals surface area contributed by atoms with Crippen LogP contribution in [0.2, 0.25) is 15.1 Å². The first-order valence-corrected chi connectivity index (χ1v) is 12.0. The number of nitrogens with zero attached hydrogens (tertiary/aromatic N) is 3. The molecule has 178 valence electrons. The van der Waals surface area contributed by atoms with Gasteiger partial charge in [0.2, 0.25) is 0 Å². The van der Waals surface area contributed by atoms with E-state index in [4.69, 9.17) is 39.5 Å². The van der Waals surface area contributed by atoms with Crippen molar-refractivity contribution < 1.29 is 14.3 Å². The minimum Gasteiger partial charge on any atom is -0.465 e. The molecule has 1 aromatic heterocycles. The molecule has 34 heavy (non-hydrogen) atoms. The Morgan fingerprint density at radius 1 is 1.12 bits per heavy atom. The van der Waals surface area contributed by atoms with Crippen LogP contribution in [0.25, 0.3) is 16.9 Å². The van der Waals surface area contributed by atoms with Gasteiger partial charge in [-0.3, -0.25) is 15.0 Å². The molecule has 7 nitrogen and oxygen atoms in total. The molecular weight excluding hydrogens is 499 g/mol. The molecule has 1 amide bonds. The molecule has 3 aromatic rings. The molecule has 1 aliphatic heterocycles. The zero-order chi connectivity index (χ0) is 24.4. The maximum Gasteiger partial charge on any atom is 0.325 e. The number of nitrogens with one attached hydrogen (secondary N) is 1. The van der Waals surface area contributed by atoms with E-state index in [1.54, 1.807) is 46.9 Å². The summed E-state index contributed by atoms with van der Waals surface area (Å²) in [5.41, 5.74) is 5.78. The fourth-order valence-electron chi connectivity index (χ4n) is 4.05. The Bertz CT molecular complexity index is 1230. The number of halogens is 3. The molecule has 0 bridgehead atoms. The molecule has 1 fully saturated rings. The van der Waals surface area contributed by atoms with Gasteiger partial charge in [-0.15, -0.1) is 0 Å². The second-order valence-electron chi connectivity index (χ2n) is 7.88.